The van der Waals surface area contributed by atoms with E-state index in [0.717, 1.165) is 38.7 Å². The van der Waals surface area contributed by atoms with Gasteiger partial charge in [-0.25, -0.2) is 0 Å². The standard InChI is InChI=1S/C14H25NO2S/c1-2-12(1)10-16-7-5-15-13-3-6-17-14(9-13)4-8-18-11-14/h12-13,15H,1-11H2. The number of ether oxygens (including phenoxy) is 2. The minimum atomic E-state index is 0.204. The van der Waals surface area contributed by atoms with Crippen LogP contribution in [0.15, 0.2) is 0 Å². The molecule has 2 saturated heterocycles. The Morgan fingerprint density at radius 2 is 2.28 bits per heavy atom. The Balaban J connectivity index is 1.31. The zero-order chi connectivity index (χ0) is 12.3. The lowest BCUT2D eigenvalue weighted by Crippen LogP contribution is -2.47. The molecule has 1 aliphatic carbocycles. The summed E-state index contributed by atoms with van der Waals surface area (Å²) in [5, 5.41) is 3.65. The van der Waals surface area contributed by atoms with E-state index in [1.807, 2.05) is 11.8 Å². The lowest BCUT2D eigenvalue weighted by atomic mass is 9.90. The van der Waals surface area contributed by atoms with E-state index in [1.165, 1.54) is 37.2 Å². The molecule has 3 aliphatic rings. The lowest BCUT2D eigenvalue weighted by Gasteiger charge is -2.38. The molecular formula is C14H25NO2S. The molecule has 0 bridgehead atoms. The van der Waals surface area contributed by atoms with Gasteiger partial charge in [0.2, 0.25) is 0 Å². The lowest BCUT2D eigenvalue weighted by molar-refractivity contribution is -0.0706. The van der Waals surface area contributed by atoms with E-state index < -0.39 is 0 Å². The molecule has 3 rings (SSSR count). The second kappa shape index (κ2) is 6.12. The van der Waals surface area contributed by atoms with Gasteiger partial charge in [-0.15, -0.1) is 0 Å². The molecule has 2 heterocycles. The summed E-state index contributed by atoms with van der Waals surface area (Å²) in [4.78, 5) is 0. The number of rotatable bonds is 6. The topological polar surface area (TPSA) is 30.5 Å². The van der Waals surface area contributed by atoms with E-state index >= 15 is 0 Å². The molecule has 0 radical (unpaired) electrons. The van der Waals surface area contributed by atoms with Crippen molar-refractivity contribution in [2.75, 3.05) is 37.9 Å². The quantitative estimate of drug-likeness (QED) is 0.749. The van der Waals surface area contributed by atoms with Gasteiger partial charge in [-0.3, -0.25) is 0 Å². The van der Waals surface area contributed by atoms with E-state index in [4.69, 9.17) is 9.47 Å². The molecule has 3 nitrogen and oxygen atoms in total. The minimum Gasteiger partial charge on any atom is -0.380 e. The molecule has 2 atom stereocenters. The first-order valence-corrected chi connectivity index (χ1v) is 8.55. The predicted octanol–water partition coefficient (Wildman–Crippen LogP) is 2.06. The van der Waals surface area contributed by atoms with Gasteiger partial charge >= 0.3 is 0 Å². The largest absolute Gasteiger partial charge is 0.380 e. The van der Waals surface area contributed by atoms with Gasteiger partial charge in [0.05, 0.1) is 12.2 Å². The van der Waals surface area contributed by atoms with Gasteiger partial charge in [0.15, 0.2) is 0 Å². The minimum absolute atomic E-state index is 0.204. The van der Waals surface area contributed by atoms with Gasteiger partial charge in [0, 0.05) is 31.6 Å². The third-order valence-electron chi connectivity index (χ3n) is 4.29. The Bertz CT molecular complexity index is 265. The number of nitrogens with one attached hydrogen (secondary N) is 1. The van der Waals surface area contributed by atoms with Crippen LogP contribution in [0.2, 0.25) is 0 Å². The smallest absolute Gasteiger partial charge is 0.0795 e. The van der Waals surface area contributed by atoms with E-state index in [2.05, 4.69) is 5.32 Å². The van der Waals surface area contributed by atoms with Crippen LogP contribution in [0, 0.1) is 5.92 Å². The summed E-state index contributed by atoms with van der Waals surface area (Å²) < 4.78 is 11.7. The van der Waals surface area contributed by atoms with Crippen LogP contribution in [0.3, 0.4) is 0 Å². The van der Waals surface area contributed by atoms with Crippen molar-refractivity contribution in [1.29, 1.82) is 0 Å². The maximum atomic E-state index is 6.03. The normalized spacial score (nSPS) is 36.3. The highest BCUT2D eigenvalue weighted by Crippen LogP contribution is 2.38. The molecule has 4 heteroatoms. The first-order chi connectivity index (χ1) is 8.86. The Labute approximate surface area is 114 Å². The van der Waals surface area contributed by atoms with Crippen molar-refractivity contribution >= 4 is 11.8 Å². The summed E-state index contributed by atoms with van der Waals surface area (Å²) in [6.45, 7) is 3.79. The fourth-order valence-electron chi connectivity index (χ4n) is 2.94. The predicted molar refractivity (Wildman–Crippen MR) is 75.2 cm³/mol. The van der Waals surface area contributed by atoms with E-state index in [9.17, 15) is 0 Å². The highest BCUT2D eigenvalue weighted by atomic mass is 32.2. The first-order valence-electron chi connectivity index (χ1n) is 7.39. The maximum absolute atomic E-state index is 6.03. The Kier molecular flexibility index (Phi) is 4.50. The van der Waals surface area contributed by atoms with Gasteiger partial charge in [0.1, 0.15) is 0 Å². The van der Waals surface area contributed by atoms with Crippen LogP contribution in [0.4, 0.5) is 0 Å². The van der Waals surface area contributed by atoms with Gasteiger partial charge < -0.3 is 14.8 Å². The van der Waals surface area contributed by atoms with E-state index in [-0.39, 0.29) is 5.60 Å². The van der Waals surface area contributed by atoms with Crippen molar-refractivity contribution in [1.82, 2.24) is 5.32 Å². The third kappa shape index (κ3) is 3.62. The molecule has 1 N–H and O–H groups in total. The molecule has 1 saturated carbocycles. The zero-order valence-electron chi connectivity index (χ0n) is 11.2. The summed E-state index contributed by atoms with van der Waals surface area (Å²) >= 11 is 2.05. The van der Waals surface area contributed by atoms with Gasteiger partial charge in [-0.05, 0) is 43.8 Å². The van der Waals surface area contributed by atoms with Crippen LogP contribution in [-0.2, 0) is 9.47 Å². The van der Waals surface area contributed by atoms with Crippen LogP contribution >= 0.6 is 11.8 Å². The van der Waals surface area contributed by atoms with Crippen molar-refractivity contribution < 1.29 is 9.47 Å². The van der Waals surface area contributed by atoms with Crippen molar-refractivity contribution in [2.24, 2.45) is 5.92 Å². The Morgan fingerprint density at radius 3 is 3.06 bits per heavy atom. The SMILES string of the molecule is C(COCC1CC1)NC1CCOC2(CCSC2)C1. The number of thioether (sulfide) groups is 1. The van der Waals surface area contributed by atoms with Gasteiger partial charge in [0.25, 0.3) is 0 Å². The third-order valence-corrected chi connectivity index (χ3v) is 5.51. The summed E-state index contributed by atoms with van der Waals surface area (Å²) in [7, 11) is 0. The highest BCUT2D eigenvalue weighted by Gasteiger charge is 2.40. The molecule has 2 aliphatic heterocycles. The van der Waals surface area contributed by atoms with Crippen molar-refractivity contribution in [3.05, 3.63) is 0 Å². The molecule has 2 unspecified atom stereocenters. The van der Waals surface area contributed by atoms with Gasteiger partial charge in [-0.2, -0.15) is 11.8 Å². The number of hydrogen-bond acceptors (Lipinski definition) is 4. The molecule has 1 spiro atoms. The molecule has 0 amide bonds. The fraction of sp³-hybridized carbons (Fsp3) is 1.00. The van der Waals surface area contributed by atoms with E-state index in [0.29, 0.717) is 6.04 Å². The molecule has 0 aromatic rings. The van der Waals surface area contributed by atoms with E-state index in [1.54, 1.807) is 0 Å². The first kappa shape index (κ1) is 13.2. The second-order valence-electron chi connectivity index (χ2n) is 6.00. The van der Waals surface area contributed by atoms with Crippen molar-refractivity contribution in [3.63, 3.8) is 0 Å². The van der Waals surface area contributed by atoms with Crippen molar-refractivity contribution in [2.45, 2.75) is 43.7 Å². The Morgan fingerprint density at radius 1 is 1.33 bits per heavy atom. The molecule has 0 aromatic carbocycles. The van der Waals surface area contributed by atoms with Crippen molar-refractivity contribution in [3.8, 4) is 0 Å². The summed E-state index contributed by atoms with van der Waals surface area (Å²) in [6.07, 6.45) is 6.37. The summed E-state index contributed by atoms with van der Waals surface area (Å²) in [5.41, 5.74) is 0.204. The zero-order valence-corrected chi connectivity index (χ0v) is 12.0. The highest BCUT2D eigenvalue weighted by molar-refractivity contribution is 7.99. The molecule has 0 aromatic heterocycles. The average Bonchev–Trinajstić information content (AvgIpc) is 3.11. The fourth-order valence-corrected chi connectivity index (χ4v) is 4.31. The number of hydrogen-bond donors (Lipinski definition) is 1. The van der Waals surface area contributed by atoms with Crippen LogP contribution in [0.5, 0.6) is 0 Å². The molecule has 104 valence electrons. The van der Waals surface area contributed by atoms with Crippen LogP contribution in [-0.4, -0.2) is 49.5 Å². The maximum Gasteiger partial charge on any atom is 0.0795 e. The molecule has 3 fully saturated rings. The average molecular weight is 271 g/mol. The van der Waals surface area contributed by atoms with Crippen LogP contribution in [0.1, 0.15) is 32.1 Å². The Hall–Kier alpha value is 0.230. The summed E-state index contributed by atoms with van der Waals surface area (Å²) in [5.74, 6) is 3.35. The molecular weight excluding hydrogens is 246 g/mol. The van der Waals surface area contributed by atoms with Gasteiger partial charge in [-0.1, -0.05) is 0 Å². The van der Waals surface area contributed by atoms with Crippen LogP contribution < -0.4 is 5.32 Å². The summed E-state index contributed by atoms with van der Waals surface area (Å²) in [6, 6.07) is 0.641. The second-order valence-corrected chi connectivity index (χ2v) is 7.10. The monoisotopic (exact) mass is 271 g/mol. The molecule has 18 heavy (non-hydrogen) atoms. The van der Waals surface area contributed by atoms with Crippen LogP contribution in [0.25, 0.3) is 0 Å².